The fourth-order valence-electron chi connectivity index (χ4n) is 9.72. The van der Waals surface area contributed by atoms with Crippen molar-refractivity contribution in [1.29, 1.82) is 0 Å². The number of nitrogens with one attached hydrogen (secondary N) is 1. The van der Waals surface area contributed by atoms with Crippen molar-refractivity contribution in [3.63, 3.8) is 0 Å². The molecular formula is C49H58N4O7. The third-order valence-electron chi connectivity index (χ3n) is 13.4. The van der Waals surface area contributed by atoms with Crippen LogP contribution in [0.15, 0.2) is 106 Å². The van der Waals surface area contributed by atoms with Crippen LogP contribution in [0.1, 0.15) is 137 Å². The number of carbonyl (C=O) groups is 5. The van der Waals surface area contributed by atoms with Gasteiger partial charge >= 0.3 is 5.97 Å². The van der Waals surface area contributed by atoms with E-state index in [1.807, 2.05) is 45.9 Å². The Hall–Kier alpha value is -5.32. The van der Waals surface area contributed by atoms with Gasteiger partial charge in [-0.2, -0.15) is 0 Å². The molecule has 7 rings (SSSR count). The average Bonchev–Trinajstić information content (AvgIpc) is 3.97. The molecule has 0 aromatic rings. The molecule has 0 spiro atoms. The van der Waals surface area contributed by atoms with E-state index < -0.39 is 23.3 Å². The summed E-state index contributed by atoms with van der Waals surface area (Å²) in [7, 11) is 1.35. The van der Waals surface area contributed by atoms with E-state index in [0.717, 1.165) is 73.8 Å². The number of aliphatic hydroxyl groups is 1. The lowest BCUT2D eigenvalue weighted by Crippen LogP contribution is -2.29. The number of nitrogens with zero attached hydrogens (tertiary/aromatic N) is 3. The predicted octanol–water partition coefficient (Wildman–Crippen LogP) is 9.20. The van der Waals surface area contributed by atoms with Crippen LogP contribution < -0.4 is 5.32 Å². The maximum Gasteiger partial charge on any atom is 0.305 e. The van der Waals surface area contributed by atoms with Crippen LogP contribution in [0.4, 0.5) is 0 Å². The molecule has 0 amide bonds. The maximum absolute atomic E-state index is 14.4. The average molecular weight is 815 g/mol. The second-order valence-electron chi connectivity index (χ2n) is 17.2. The second-order valence-corrected chi connectivity index (χ2v) is 17.2. The Morgan fingerprint density at radius 2 is 1.40 bits per heavy atom. The molecule has 0 aromatic carbocycles. The lowest BCUT2D eigenvalue weighted by atomic mass is 9.82. The van der Waals surface area contributed by atoms with Crippen LogP contribution in [0.2, 0.25) is 0 Å². The molecule has 0 saturated carbocycles. The molecule has 10 bridgehead atoms. The molecule has 1 fully saturated rings. The molecule has 1 aliphatic carbocycles. The van der Waals surface area contributed by atoms with Crippen molar-refractivity contribution >= 4 is 46.2 Å². The summed E-state index contributed by atoms with van der Waals surface area (Å²) in [4.78, 5) is 83.1. The van der Waals surface area contributed by atoms with Crippen molar-refractivity contribution in [3.05, 3.63) is 91.5 Å². The van der Waals surface area contributed by atoms with Gasteiger partial charge < -0.3 is 15.2 Å². The highest BCUT2D eigenvalue weighted by Crippen LogP contribution is 2.49. The Morgan fingerprint density at radius 3 is 2.05 bits per heavy atom. The Labute approximate surface area is 353 Å². The monoisotopic (exact) mass is 814 g/mol. The molecule has 60 heavy (non-hydrogen) atoms. The fourth-order valence-corrected chi connectivity index (χ4v) is 9.72. The topological polar surface area (TPSA) is 164 Å². The van der Waals surface area contributed by atoms with Crippen LogP contribution >= 0.6 is 0 Å². The van der Waals surface area contributed by atoms with Gasteiger partial charge in [0.05, 0.1) is 41.3 Å². The van der Waals surface area contributed by atoms with Crippen molar-refractivity contribution in [2.75, 3.05) is 7.11 Å². The number of methoxy groups -OCH3 is 1. The van der Waals surface area contributed by atoms with E-state index >= 15 is 0 Å². The van der Waals surface area contributed by atoms with Gasteiger partial charge in [-0.05, 0) is 92.5 Å². The molecule has 1 saturated heterocycles. The summed E-state index contributed by atoms with van der Waals surface area (Å²) in [6, 6.07) is 0. The van der Waals surface area contributed by atoms with Crippen molar-refractivity contribution in [2.24, 2.45) is 32.7 Å². The number of ketones is 4. The van der Waals surface area contributed by atoms with Gasteiger partial charge in [-0.25, -0.2) is 15.0 Å². The van der Waals surface area contributed by atoms with Gasteiger partial charge in [-0.1, -0.05) is 65.2 Å². The van der Waals surface area contributed by atoms with Crippen LogP contribution in [0, 0.1) is 17.8 Å². The number of hydrogen-bond acceptors (Lipinski definition) is 11. The predicted molar refractivity (Wildman–Crippen MR) is 232 cm³/mol. The van der Waals surface area contributed by atoms with E-state index in [-0.39, 0.29) is 55.0 Å². The fraction of sp³-hybridized carbons (Fsp3) is 0.510. The molecule has 3 atom stereocenters. The summed E-state index contributed by atoms with van der Waals surface area (Å²) in [6.45, 7) is 9.88. The van der Waals surface area contributed by atoms with Gasteiger partial charge in [0, 0.05) is 60.1 Å². The summed E-state index contributed by atoms with van der Waals surface area (Å²) in [6.07, 6.45) is 16.3. The molecule has 0 aromatic heterocycles. The van der Waals surface area contributed by atoms with E-state index in [9.17, 15) is 29.1 Å². The molecule has 7 aliphatic rings. The third-order valence-corrected chi connectivity index (χ3v) is 13.4. The van der Waals surface area contributed by atoms with E-state index in [0.29, 0.717) is 87.9 Å². The minimum atomic E-state index is -1.26. The summed E-state index contributed by atoms with van der Waals surface area (Å²) < 4.78 is 5.05. The Morgan fingerprint density at radius 1 is 0.783 bits per heavy atom. The smallest absolute Gasteiger partial charge is 0.305 e. The zero-order valence-corrected chi connectivity index (χ0v) is 36.0. The van der Waals surface area contributed by atoms with Crippen LogP contribution in [-0.4, -0.2) is 58.5 Å². The molecule has 6 aliphatic heterocycles. The molecule has 316 valence electrons. The molecule has 11 heteroatoms. The number of aliphatic hydroxyl groups excluding tert-OH is 1. The minimum absolute atomic E-state index is 0.0824. The van der Waals surface area contributed by atoms with E-state index in [4.69, 9.17) is 19.7 Å². The SMILES string of the molecule is CCC1=C(C)C2=NC1=CC1=C(C)C3=C(O)[C@H]4C(=O)C(=O)CCCCCCCCCCCCC(=O)C(=O)CC5=C(C)C(=NC5=C2)C=C2NC(=C4C3=N1)[C@@H](CCC(=O)OC)[C@@H]2C. The minimum Gasteiger partial charge on any atom is -0.510 e. The lowest BCUT2D eigenvalue weighted by molar-refractivity contribution is -0.141. The molecule has 2 N–H and O–H groups in total. The van der Waals surface area contributed by atoms with Gasteiger partial charge in [0.25, 0.3) is 0 Å². The van der Waals surface area contributed by atoms with Crippen molar-refractivity contribution in [3.8, 4) is 0 Å². The Balaban J connectivity index is 1.44. The number of fused-ring (bicyclic) bond motifs is 4. The van der Waals surface area contributed by atoms with Crippen molar-refractivity contribution < 1.29 is 33.8 Å². The number of ether oxygens (including phenoxy) is 1. The highest BCUT2D eigenvalue weighted by Gasteiger charge is 2.49. The van der Waals surface area contributed by atoms with E-state index in [1.54, 1.807) is 0 Å². The molecule has 0 radical (unpaired) electrons. The van der Waals surface area contributed by atoms with Crippen LogP contribution in [-0.2, 0) is 28.7 Å². The van der Waals surface area contributed by atoms with E-state index in [1.165, 1.54) is 7.11 Å². The molecule has 11 nitrogen and oxygen atoms in total. The first-order valence-electron chi connectivity index (χ1n) is 22.0. The second kappa shape index (κ2) is 18.1. The van der Waals surface area contributed by atoms with Crippen molar-refractivity contribution in [1.82, 2.24) is 5.32 Å². The number of carbonyl (C=O) groups excluding carboxylic acids is 5. The third kappa shape index (κ3) is 8.24. The number of rotatable bonds is 4. The summed E-state index contributed by atoms with van der Waals surface area (Å²) in [5, 5.41) is 15.8. The number of Topliss-reactive ketones (excluding diaryl/α,β-unsaturated/α-hetero) is 4. The van der Waals surface area contributed by atoms with E-state index in [2.05, 4.69) is 12.2 Å². The Kier molecular flexibility index (Phi) is 12.9. The van der Waals surface area contributed by atoms with Gasteiger partial charge in [0.1, 0.15) is 11.7 Å². The van der Waals surface area contributed by atoms with Crippen molar-refractivity contribution in [2.45, 2.75) is 137 Å². The van der Waals surface area contributed by atoms with Gasteiger partial charge in [0.2, 0.25) is 11.6 Å². The number of aliphatic imine (C=N–C) groups is 3. The highest BCUT2D eigenvalue weighted by atomic mass is 16.5. The largest absolute Gasteiger partial charge is 0.510 e. The zero-order valence-electron chi connectivity index (χ0n) is 36.0. The quantitative estimate of drug-likeness (QED) is 0.210. The summed E-state index contributed by atoms with van der Waals surface area (Å²) in [5.74, 6) is -4.41. The van der Waals surface area contributed by atoms with Crippen LogP contribution in [0.25, 0.3) is 0 Å². The first-order valence-corrected chi connectivity index (χ1v) is 22.0. The molecule has 0 unspecified atom stereocenters. The summed E-state index contributed by atoms with van der Waals surface area (Å²) >= 11 is 0. The number of hydrogen-bond donors (Lipinski definition) is 2. The van der Waals surface area contributed by atoms with Gasteiger partial charge in [0.15, 0.2) is 11.6 Å². The highest BCUT2D eigenvalue weighted by molar-refractivity contribution is 6.42. The lowest BCUT2D eigenvalue weighted by Gasteiger charge is -2.20. The first-order chi connectivity index (χ1) is 28.8. The number of esters is 1. The van der Waals surface area contributed by atoms with Crippen LogP contribution in [0.3, 0.4) is 0 Å². The Bertz CT molecular complexity index is 2300. The number of allylic oxidation sites excluding steroid dienone is 12. The first kappa shape index (κ1) is 42.8. The zero-order chi connectivity index (χ0) is 42.8. The van der Waals surface area contributed by atoms with Gasteiger partial charge in [-0.15, -0.1) is 0 Å². The molecular weight excluding hydrogens is 757 g/mol. The normalized spacial score (nSPS) is 26.0. The maximum atomic E-state index is 14.4. The standard InChI is InChI=1S/C49H58N4O7/c1-7-30-26(2)34-24-38-32-22-41(56)39(54)18-16-14-12-10-8-9-11-13-15-17-19-40(55)48(58)45-44(47-43(49(45)59)29(5)36(53-47)25-37(30)50-34)46-31(20-21-42(57)60-6)27(3)35(52-46)23-33(51-38)28(32)4/h23-25,27,31,45,52,59H,7-22H2,1-6H3/t27-,31-,45+/m0/s1. The molecule has 6 heterocycles. The van der Waals surface area contributed by atoms with Crippen LogP contribution in [0.5, 0.6) is 0 Å². The summed E-state index contributed by atoms with van der Waals surface area (Å²) in [5.41, 5.74) is 9.91. The van der Waals surface area contributed by atoms with Gasteiger partial charge in [-0.3, -0.25) is 24.0 Å².